The van der Waals surface area contributed by atoms with Gasteiger partial charge in [-0.05, 0) is 37.8 Å². The van der Waals surface area contributed by atoms with Gasteiger partial charge < -0.3 is 4.90 Å². The van der Waals surface area contributed by atoms with Crippen LogP contribution in [0.3, 0.4) is 0 Å². The van der Waals surface area contributed by atoms with Crippen molar-refractivity contribution in [3.63, 3.8) is 0 Å². The van der Waals surface area contributed by atoms with Crippen molar-refractivity contribution in [1.29, 1.82) is 0 Å². The lowest BCUT2D eigenvalue weighted by Gasteiger charge is -2.32. The maximum absolute atomic E-state index is 3.86. The summed E-state index contributed by atoms with van der Waals surface area (Å²) in [4.78, 5) is 6.24. The highest BCUT2D eigenvalue weighted by atomic mass is 15.1. The summed E-state index contributed by atoms with van der Waals surface area (Å²) in [7, 11) is 2.20. The van der Waals surface area contributed by atoms with Gasteiger partial charge in [0.25, 0.3) is 0 Å². The Morgan fingerprint density at radius 3 is 2.55 bits per heavy atom. The van der Waals surface area contributed by atoms with Crippen LogP contribution in [-0.4, -0.2) is 19.8 Å². The highest BCUT2D eigenvalue weighted by Crippen LogP contribution is 2.29. The van der Waals surface area contributed by atoms with Gasteiger partial charge in [0.2, 0.25) is 0 Å². The molecule has 0 aliphatic carbocycles. The molecule has 0 bridgehead atoms. The zero-order chi connectivity index (χ0) is 17.0. The molecular weight excluding hydrogens is 268 g/mol. The van der Waals surface area contributed by atoms with Crippen molar-refractivity contribution >= 4 is 11.9 Å². The molecule has 2 rings (SSSR count). The summed E-state index contributed by atoms with van der Waals surface area (Å²) in [6, 6.07) is 8.75. The Balaban J connectivity index is 0.000000421. The summed E-state index contributed by atoms with van der Waals surface area (Å²) < 4.78 is 0. The topological polar surface area (TPSA) is 15.6 Å². The molecule has 1 unspecified atom stereocenters. The van der Waals surface area contributed by atoms with E-state index in [4.69, 9.17) is 0 Å². The summed E-state index contributed by atoms with van der Waals surface area (Å²) in [5, 5.41) is 0. The van der Waals surface area contributed by atoms with Crippen LogP contribution in [0.4, 0.5) is 5.69 Å². The molecular formula is C20H32N2. The molecule has 0 radical (unpaired) electrons. The first-order valence-corrected chi connectivity index (χ1v) is 8.26. The van der Waals surface area contributed by atoms with Gasteiger partial charge in [0.15, 0.2) is 0 Å². The third-order valence-corrected chi connectivity index (χ3v) is 3.60. The Bertz CT molecular complexity index is 496. The van der Waals surface area contributed by atoms with Crippen molar-refractivity contribution in [1.82, 2.24) is 0 Å². The van der Waals surface area contributed by atoms with Crippen molar-refractivity contribution in [2.24, 2.45) is 10.9 Å². The van der Waals surface area contributed by atoms with Crippen LogP contribution in [-0.2, 0) is 6.42 Å². The molecule has 1 aromatic rings. The molecule has 1 aromatic carbocycles. The first-order chi connectivity index (χ1) is 10.6. The average Bonchev–Trinajstić information content (AvgIpc) is 2.57. The largest absolute Gasteiger partial charge is 0.374 e. The Hall–Kier alpha value is -1.79. The van der Waals surface area contributed by atoms with E-state index in [1.807, 2.05) is 27.7 Å². The normalized spacial score (nSPS) is 15.7. The van der Waals surface area contributed by atoms with E-state index in [2.05, 4.69) is 60.4 Å². The molecule has 1 heterocycles. The molecule has 0 aromatic heterocycles. The number of anilines is 1. The zero-order valence-corrected chi connectivity index (χ0v) is 15.2. The van der Waals surface area contributed by atoms with Gasteiger partial charge in [-0.2, -0.15) is 0 Å². The average molecular weight is 300 g/mol. The lowest BCUT2D eigenvalue weighted by molar-refractivity contribution is 0.489. The molecule has 0 N–H and O–H groups in total. The van der Waals surface area contributed by atoms with Gasteiger partial charge in [-0.3, -0.25) is 4.99 Å². The van der Waals surface area contributed by atoms with E-state index >= 15 is 0 Å². The number of fused-ring (bicyclic) bond motifs is 1. The molecule has 0 fully saturated rings. The molecule has 2 heteroatoms. The lowest BCUT2D eigenvalue weighted by Crippen LogP contribution is -2.31. The van der Waals surface area contributed by atoms with Gasteiger partial charge >= 0.3 is 0 Å². The summed E-state index contributed by atoms with van der Waals surface area (Å²) in [5.41, 5.74) is 6.41. The first kappa shape index (κ1) is 20.2. The molecule has 122 valence electrons. The summed E-state index contributed by atoms with van der Waals surface area (Å²) in [6.45, 7) is 14.6. The highest BCUT2D eigenvalue weighted by molar-refractivity contribution is 5.55. The quantitative estimate of drug-likeness (QED) is 0.520. The van der Waals surface area contributed by atoms with Crippen molar-refractivity contribution < 1.29 is 0 Å². The van der Waals surface area contributed by atoms with E-state index in [0.29, 0.717) is 0 Å². The van der Waals surface area contributed by atoms with E-state index in [-0.39, 0.29) is 0 Å². The maximum atomic E-state index is 3.86. The van der Waals surface area contributed by atoms with Crippen molar-refractivity contribution in [2.45, 2.75) is 47.5 Å². The maximum Gasteiger partial charge on any atom is 0.0779 e. The van der Waals surface area contributed by atoms with Crippen LogP contribution < -0.4 is 4.90 Å². The van der Waals surface area contributed by atoms with E-state index < -0.39 is 0 Å². The SMILES string of the molecule is C=C=C(C)N=CC.CC.CCC1Cc2ccccc2N(C)C1. The molecule has 1 aliphatic heterocycles. The summed E-state index contributed by atoms with van der Waals surface area (Å²) in [6.07, 6.45) is 4.27. The van der Waals surface area contributed by atoms with E-state index in [1.165, 1.54) is 30.6 Å². The first-order valence-electron chi connectivity index (χ1n) is 8.26. The van der Waals surface area contributed by atoms with Crippen molar-refractivity contribution in [3.8, 4) is 0 Å². The Morgan fingerprint density at radius 2 is 2.05 bits per heavy atom. The Morgan fingerprint density at radius 1 is 1.41 bits per heavy atom. The van der Waals surface area contributed by atoms with Gasteiger partial charge in [-0.1, -0.05) is 52.0 Å². The minimum Gasteiger partial charge on any atom is -0.374 e. The number of rotatable bonds is 2. The molecule has 0 saturated carbocycles. The Kier molecular flexibility index (Phi) is 10.9. The van der Waals surface area contributed by atoms with Crippen LogP contribution in [0.15, 0.2) is 47.3 Å². The number of allylic oxidation sites excluding steroid dienone is 1. The predicted molar refractivity (Wildman–Crippen MR) is 101 cm³/mol. The van der Waals surface area contributed by atoms with Crippen LogP contribution in [0, 0.1) is 5.92 Å². The molecule has 2 nitrogen and oxygen atoms in total. The second kappa shape index (κ2) is 11.8. The monoisotopic (exact) mass is 300 g/mol. The predicted octanol–water partition coefficient (Wildman–Crippen LogP) is 5.50. The fourth-order valence-electron chi connectivity index (χ4n) is 2.43. The standard InChI is InChI=1S/C12H17N.C6H9N.C2H6/c1-3-10-8-11-6-4-5-7-12(11)13(2)9-10;1-4-6(3)7-5-2;1-2/h4-7,10H,3,8-9H2,1-2H3;5H,1H2,2-3H3;1-2H3. The number of hydrogen-bond acceptors (Lipinski definition) is 2. The minimum atomic E-state index is 0.836. The molecule has 1 aliphatic rings. The third-order valence-electron chi connectivity index (χ3n) is 3.60. The minimum absolute atomic E-state index is 0.836. The van der Waals surface area contributed by atoms with Gasteiger partial charge in [-0.15, -0.1) is 5.73 Å². The van der Waals surface area contributed by atoms with Crippen LogP contribution in [0.5, 0.6) is 0 Å². The van der Waals surface area contributed by atoms with E-state index in [0.717, 1.165) is 11.6 Å². The van der Waals surface area contributed by atoms with Crippen LogP contribution in [0.25, 0.3) is 0 Å². The third kappa shape index (κ3) is 6.78. The number of aliphatic imine (C=N–C) groups is 1. The number of hydrogen-bond donors (Lipinski definition) is 0. The molecule has 0 saturated heterocycles. The smallest absolute Gasteiger partial charge is 0.0779 e. The number of benzene rings is 1. The second-order valence-electron chi connectivity index (χ2n) is 5.14. The molecule has 22 heavy (non-hydrogen) atoms. The van der Waals surface area contributed by atoms with E-state index in [1.54, 1.807) is 6.21 Å². The molecule has 0 amide bonds. The second-order valence-corrected chi connectivity index (χ2v) is 5.14. The summed E-state index contributed by atoms with van der Waals surface area (Å²) in [5.74, 6) is 0.847. The number of nitrogens with zero attached hydrogens (tertiary/aromatic N) is 2. The van der Waals surface area contributed by atoms with Crippen molar-refractivity contribution in [2.75, 3.05) is 18.5 Å². The van der Waals surface area contributed by atoms with Crippen LogP contribution >= 0.6 is 0 Å². The van der Waals surface area contributed by atoms with Crippen molar-refractivity contribution in [3.05, 3.63) is 47.8 Å². The van der Waals surface area contributed by atoms with E-state index in [9.17, 15) is 0 Å². The number of para-hydroxylation sites is 1. The van der Waals surface area contributed by atoms with Gasteiger partial charge in [0.05, 0.1) is 5.70 Å². The van der Waals surface area contributed by atoms with Gasteiger partial charge in [0.1, 0.15) is 0 Å². The van der Waals surface area contributed by atoms with Crippen LogP contribution in [0.2, 0.25) is 0 Å². The zero-order valence-electron chi connectivity index (χ0n) is 15.2. The fourth-order valence-corrected chi connectivity index (χ4v) is 2.43. The Labute approximate surface area is 137 Å². The molecule has 0 spiro atoms. The highest BCUT2D eigenvalue weighted by Gasteiger charge is 2.19. The van der Waals surface area contributed by atoms with Gasteiger partial charge in [-0.25, -0.2) is 0 Å². The molecule has 1 atom stereocenters. The fraction of sp³-hybridized carbons (Fsp3) is 0.500. The summed E-state index contributed by atoms with van der Waals surface area (Å²) >= 11 is 0. The van der Waals surface area contributed by atoms with Crippen LogP contribution in [0.1, 0.15) is 46.6 Å². The lowest BCUT2D eigenvalue weighted by atomic mass is 9.91. The van der Waals surface area contributed by atoms with Gasteiger partial charge in [0, 0.05) is 25.5 Å².